The molecule has 2 rings (SSSR count). The maximum absolute atomic E-state index is 4.01. The fourth-order valence-corrected chi connectivity index (χ4v) is 3.57. The molecule has 0 atom stereocenters. The Kier molecular flexibility index (Phi) is 5.58. The third-order valence-electron chi connectivity index (χ3n) is 2.92. The van der Waals surface area contributed by atoms with E-state index in [1.165, 1.54) is 38.5 Å². The molecule has 1 aromatic heterocycles. The predicted molar refractivity (Wildman–Crippen MR) is 70.1 cm³/mol. The van der Waals surface area contributed by atoms with E-state index in [1.807, 2.05) is 11.8 Å². The molecule has 16 heavy (non-hydrogen) atoms. The Morgan fingerprint density at radius 1 is 1.38 bits per heavy atom. The van der Waals surface area contributed by atoms with Crippen molar-refractivity contribution in [3.8, 4) is 0 Å². The first kappa shape index (κ1) is 12.3. The van der Waals surface area contributed by atoms with Crippen LogP contribution in [0.25, 0.3) is 0 Å². The van der Waals surface area contributed by atoms with Crippen LogP contribution in [0.4, 0.5) is 0 Å². The summed E-state index contributed by atoms with van der Waals surface area (Å²) in [6.45, 7) is 1.15. The van der Waals surface area contributed by atoms with Crippen LogP contribution in [0.5, 0.6) is 0 Å². The first-order valence-corrected chi connectivity index (χ1v) is 7.94. The number of rotatable bonds is 6. The van der Waals surface area contributed by atoms with E-state index in [0.29, 0.717) is 0 Å². The Hall–Kier alpha value is -0.130. The van der Waals surface area contributed by atoms with Crippen LogP contribution >= 0.6 is 23.1 Å². The molecule has 0 bridgehead atoms. The molecule has 0 aromatic carbocycles. The highest BCUT2D eigenvalue weighted by molar-refractivity contribution is 8.00. The van der Waals surface area contributed by atoms with Crippen LogP contribution in [0.2, 0.25) is 0 Å². The van der Waals surface area contributed by atoms with E-state index in [-0.39, 0.29) is 0 Å². The summed E-state index contributed by atoms with van der Waals surface area (Å²) in [6.07, 6.45) is 8.24. The van der Waals surface area contributed by atoms with Crippen LogP contribution in [0.3, 0.4) is 0 Å². The van der Waals surface area contributed by atoms with Gasteiger partial charge in [-0.25, -0.2) is 0 Å². The molecule has 1 aliphatic carbocycles. The minimum absolute atomic E-state index is 0.792. The first-order valence-electron chi connectivity index (χ1n) is 6.07. The van der Waals surface area contributed by atoms with Gasteiger partial charge >= 0.3 is 0 Å². The molecule has 1 aliphatic rings. The van der Waals surface area contributed by atoms with Gasteiger partial charge in [-0.3, -0.25) is 0 Å². The van der Waals surface area contributed by atoms with Crippen molar-refractivity contribution >= 4 is 23.1 Å². The van der Waals surface area contributed by atoms with Crippen LogP contribution in [0, 0.1) is 0 Å². The van der Waals surface area contributed by atoms with E-state index in [4.69, 9.17) is 0 Å². The van der Waals surface area contributed by atoms with Crippen molar-refractivity contribution in [2.45, 2.75) is 48.9 Å². The highest BCUT2D eigenvalue weighted by Gasteiger charge is 2.11. The van der Waals surface area contributed by atoms with Gasteiger partial charge in [-0.2, -0.15) is 0 Å². The molecule has 0 aliphatic heterocycles. The molecule has 1 heterocycles. The first-order chi connectivity index (χ1) is 7.95. The molecule has 0 saturated heterocycles. The third-order valence-corrected chi connectivity index (χ3v) is 4.87. The van der Waals surface area contributed by atoms with Crippen molar-refractivity contribution in [2.75, 3.05) is 12.3 Å². The fraction of sp³-hybridized carbons (Fsp3) is 0.818. The monoisotopic (exact) mass is 257 g/mol. The van der Waals surface area contributed by atoms with Crippen LogP contribution < -0.4 is 5.32 Å². The quantitative estimate of drug-likeness (QED) is 0.628. The zero-order chi connectivity index (χ0) is 11.1. The van der Waals surface area contributed by atoms with Crippen LogP contribution in [0.15, 0.2) is 9.85 Å². The number of nitrogens with zero attached hydrogens (tertiary/aromatic N) is 2. The molecule has 0 spiro atoms. The highest BCUT2D eigenvalue weighted by Crippen LogP contribution is 2.20. The minimum atomic E-state index is 0.792. The molecular formula is C11H19N3S2. The molecule has 5 heteroatoms. The number of thioether (sulfide) groups is 1. The predicted octanol–water partition coefficient (Wildman–Crippen LogP) is 2.94. The van der Waals surface area contributed by atoms with Crippen molar-refractivity contribution in [2.24, 2.45) is 0 Å². The van der Waals surface area contributed by atoms with Gasteiger partial charge in [0.25, 0.3) is 0 Å². The van der Waals surface area contributed by atoms with Crippen LogP contribution in [0.1, 0.15) is 38.5 Å². The average Bonchev–Trinajstić information content (AvgIpc) is 2.83. The van der Waals surface area contributed by atoms with E-state index in [0.717, 1.165) is 22.7 Å². The molecule has 3 nitrogen and oxygen atoms in total. The number of nitrogens with one attached hydrogen (secondary N) is 1. The summed E-state index contributed by atoms with van der Waals surface area (Å²) in [6, 6.07) is 0.792. The highest BCUT2D eigenvalue weighted by atomic mass is 32.2. The van der Waals surface area contributed by atoms with E-state index in [9.17, 15) is 0 Å². The lowest BCUT2D eigenvalue weighted by Gasteiger charge is -2.22. The lowest BCUT2D eigenvalue weighted by atomic mass is 9.95. The maximum Gasteiger partial charge on any atom is 0.174 e. The topological polar surface area (TPSA) is 37.8 Å². The molecule has 90 valence electrons. The van der Waals surface area contributed by atoms with Crippen molar-refractivity contribution in [3.63, 3.8) is 0 Å². The summed E-state index contributed by atoms with van der Waals surface area (Å²) in [5.41, 5.74) is 1.79. The molecule has 1 fully saturated rings. The van der Waals surface area contributed by atoms with Gasteiger partial charge in [0.2, 0.25) is 0 Å². The Labute approximate surface area is 105 Å². The van der Waals surface area contributed by atoms with Crippen molar-refractivity contribution in [1.82, 2.24) is 15.5 Å². The molecule has 0 amide bonds. The molecule has 0 unspecified atom stereocenters. The molecular weight excluding hydrogens is 238 g/mol. The van der Waals surface area contributed by atoms with E-state index >= 15 is 0 Å². The summed E-state index contributed by atoms with van der Waals surface area (Å²) in [7, 11) is 0. The Balaban J connectivity index is 1.48. The third kappa shape index (κ3) is 4.39. The zero-order valence-electron chi connectivity index (χ0n) is 9.52. The van der Waals surface area contributed by atoms with Gasteiger partial charge in [-0.05, 0) is 25.8 Å². The van der Waals surface area contributed by atoms with Gasteiger partial charge in [0.1, 0.15) is 5.51 Å². The zero-order valence-corrected chi connectivity index (χ0v) is 11.2. The van der Waals surface area contributed by atoms with Gasteiger partial charge in [0.15, 0.2) is 4.34 Å². The average molecular weight is 257 g/mol. The van der Waals surface area contributed by atoms with Crippen LogP contribution in [-0.2, 0) is 0 Å². The largest absolute Gasteiger partial charge is 0.314 e. The van der Waals surface area contributed by atoms with Crippen molar-refractivity contribution in [1.29, 1.82) is 0 Å². The van der Waals surface area contributed by atoms with Crippen molar-refractivity contribution in [3.05, 3.63) is 5.51 Å². The maximum atomic E-state index is 4.01. The summed E-state index contributed by atoms with van der Waals surface area (Å²) in [4.78, 5) is 0. The van der Waals surface area contributed by atoms with Gasteiger partial charge in [-0.1, -0.05) is 42.4 Å². The summed E-state index contributed by atoms with van der Waals surface area (Å²) in [5, 5.41) is 11.5. The lowest BCUT2D eigenvalue weighted by molar-refractivity contribution is 0.375. The molecule has 0 radical (unpaired) electrons. The van der Waals surface area contributed by atoms with E-state index in [1.54, 1.807) is 16.8 Å². The van der Waals surface area contributed by atoms with Gasteiger partial charge < -0.3 is 5.32 Å². The second-order valence-electron chi connectivity index (χ2n) is 4.20. The number of hydrogen-bond donors (Lipinski definition) is 1. The fourth-order valence-electron chi connectivity index (χ4n) is 2.07. The van der Waals surface area contributed by atoms with Gasteiger partial charge in [0, 0.05) is 11.8 Å². The van der Waals surface area contributed by atoms with E-state index in [2.05, 4.69) is 15.5 Å². The molecule has 1 saturated carbocycles. The van der Waals surface area contributed by atoms with Gasteiger partial charge in [0.05, 0.1) is 0 Å². The lowest BCUT2D eigenvalue weighted by Crippen LogP contribution is -2.31. The van der Waals surface area contributed by atoms with Crippen molar-refractivity contribution < 1.29 is 0 Å². The number of aromatic nitrogens is 2. The Bertz CT molecular complexity index is 271. The summed E-state index contributed by atoms with van der Waals surface area (Å²) in [5.74, 6) is 1.15. The Morgan fingerprint density at radius 2 is 2.25 bits per heavy atom. The SMILES string of the molecule is c1nnc(SCCCNC2CCCCC2)s1. The molecule has 1 aromatic rings. The Morgan fingerprint density at radius 3 is 3.00 bits per heavy atom. The second kappa shape index (κ2) is 7.25. The van der Waals surface area contributed by atoms with Crippen LogP contribution in [-0.4, -0.2) is 28.5 Å². The normalized spacial score (nSPS) is 17.8. The number of hydrogen-bond acceptors (Lipinski definition) is 5. The van der Waals surface area contributed by atoms with Gasteiger partial charge in [-0.15, -0.1) is 10.2 Å². The van der Waals surface area contributed by atoms with E-state index < -0.39 is 0 Å². The molecule has 1 N–H and O–H groups in total. The second-order valence-corrected chi connectivity index (χ2v) is 6.37. The summed E-state index contributed by atoms with van der Waals surface area (Å²) >= 11 is 3.45. The minimum Gasteiger partial charge on any atom is -0.314 e. The summed E-state index contributed by atoms with van der Waals surface area (Å²) < 4.78 is 1.10. The smallest absolute Gasteiger partial charge is 0.174 e. The standard InChI is InChI=1S/C11H19N3S2/c1-2-5-10(6-3-1)12-7-4-8-15-11-14-13-9-16-11/h9-10,12H,1-8H2.